The van der Waals surface area contributed by atoms with Gasteiger partial charge >= 0.3 is 0 Å². The zero-order chi connectivity index (χ0) is 12.6. The maximum Gasteiger partial charge on any atom is 0.0784 e. The van der Waals surface area contributed by atoms with Crippen LogP contribution in [0.2, 0.25) is 0 Å². The normalized spacial score (nSPS) is 12.1. The predicted molar refractivity (Wildman–Crippen MR) is 73.6 cm³/mol. The molecule has 16 heavy (non-hydrogen) atoms. The van der Waals surface area contributed by atoms with E-state index in [9.17, 15) is 0 Å². The number of unbranched alkanes of at least 4 members (excludes halogenated alkanes) is 1. The fourth-order valence-electron chi connectivity index (χ4n) is 1.42. The number of hydrogen-bond acceptors (Lipinski definition) is 3. The van der Waals surface area contributed by atoms with Crippen molar-refractivity contribution in [2.45, 2.75) is 40.0 Å². The summed E-state index contributed by atoms with van der Waals surface area (Å²) >= 11 is 5.05. The molecule has 0 heterocycles. The minimum Gasteiger partial charge on any atom is -0.395 e. The van der Waals surface area contributed by atoms with Crippen molar-refractivity contribution in [1.29, 1.82) is 0 Å². The van der Waals surface area contributed by atoms with E-state index in [0.29, 0.717) is 4.99 Å². The molecule has 0 fully saturated rings. The molecule has 96 valence electrons. The Morgan fingerprint density at radius 1 is 1.31 bits per heavy atom. The first-order valence-electron chi connectivity index (χ1n) is 6.07. The summed E-state index contributed by atoms with van der Waals surface area (Å²) in [6.45, 7) is 9.29. The van der Waals surface area contributed by atoms with Crippen molar-refractivity contribution in [2.75, 3.05) is 26.2 Å². The van der Waals surface area contributed by atoms with Crippen molar-refractivity contribution < 1.29 is 5.11 Å². The van der Waals surface area contributed by atoms with Crippen LogP contribution in [0.3, 0.4) is 0 Å². The first-order valence-corrected chi connectivity index (χ1v) is 6.48. The number of aliphatic hydroxyl groups is 1. The molecule has 3 nitrogen and oxygen atoms in total. The van der Waals surface area contributed by atoms with E-state index in [4.69, 9.17) is 23.1 Å². The Hall–Kier alpha value is -0.190. The van der Waals surface area contributed by atoms with Crippen LogP contribution in [-0.2, 0) is 0 Å². The summed E-state index contributed by atoms with van der Waals surface area (Å²) in [5.41, 5.74) is 5.61. The quantitative estimate of drug-likeness (QED) is 0.609. The molecule has 0 atom stereocenters. The third kappa shape index (κ3) is 6.40. The zero-order valence-corrected chi connectivity index (χ0v) is 11.6. The lowest BCUT2D eigenvalue weighted by molar-refractivity contribution is 0.182. The average molecular weight is 246 g/mol. The van der Waals surface area contributed by atoms with Gasteiger partial charge < -0.3 is 15.7 Å². The SMILES string of the molecule is CCCCN(CCO)CCC(C)(C)C(N)=S. The molecule has 0 aromatic heterocycles. The van der Waals surface area contributed by atoms with Gasteiger partial charge in [0.15, 0.2) is 0 Å². The highest BCUT2D eigenvalue weighted by Crippen LogP contribution is 2.21. The molecule has 0 bridgehead atoms. The minimum atomic E-state index is -0.0880. The second kappa shape index (κ2) is 7.98. The highest BCUT2D eigenvalue weighted by atomic mass is 32.1. The number of aliphatic hydroxyl groups excluding tert-OH is 1. The lowest BCUT2D eigenvalue weighted by Gasteiger charge is -2.28. The van der Waals surface area contributed by atoms with Crippen molar-refractivity contribution in [1.82, 2.24) is 4.90 Å². The minimum absolute atomic E-state index is 0.0880. The Labute approximate surface area is 105 Å². The van der Waals surface area contributed by atoms with E-state index in [1.807, 2.05) is 0 Å². The summed E-state index contributed by atoms with van der Waals surface area (Å²) in [7, 11) is 0. The maximum absolute atomic E-state index is 8.98. The van der Waals surface area contributed by atoms with Crippen LogP contribution in [0, 0.1) is 5.41 Å². The van der Waals surface area contributed by atoms with Gasteiger partial charge in [-0.2, -0.15) is 0 Å². The third-order valence-corrected chi connectivity index (χ3v) is 3.52. The highest BCUT2D eigenvalue weighted by molar-refractivity contribution is 7.80. The number of hydrogen-bond donors (Lipinski definition) is 2. The maximum atomic E-state index is 8.98. The van der Waals surface area contributed by atoms with E-state index in [1.54, 1.807) is 0 Å². The summed E-state index contributed by atoms with van der Waals surface area (Å²) in [6, 6.07) is 0. The predicted octanol–water partition coefficient (Wildman–Crippen LogP) is 1.78. The second-order valence-electron chi connectivity index (χ2n) is 4.92. The van der Waals surface area contributed by atoms with Gasteiger partial charge in [-0.25, -0.2) is 0 Å². The van der Waals surface area contributed by atoms with Crippen LogP contribution in [0.5, 0.6) is 0 Å². The van der Waals surface area contributed by atoms with E-state index in [-0.39, 0.29) is 12.0 Å². The van der Waals surface area contributed by atoms with Gasteiger partial charge in [-0.1, -0.05) is 39.4 Å². The van der Waals surface area contributed by atoms with Crippen LogP contribution < -0.4 is 5.73 Å². The van der Waals surface area contributed by atoms with Gasteiger partial charge in [0.2, 0.25) is 0 Å². The number of nitrogens with zero attached hydrogens (tertiary/aromatic N) is 1. The molecule has 3 N–H and O–H groups in total. The molecule has 0 aromatic carbocycles. The summed E-state index contributed by atoms with van der Waals surface area (Å²) in [5, 5.41) is 8.98. The molecule has 0 unspecified atom stereocenters. The number of rotatable bonds is 9. The van der Waals surface area contributed by atoms with Gasteiger partial charge in [0, 0.05) is 12.0 Å². The van der Waals surface area contributed by atoms with Crippen LogP contribution in [0.15, 0.2) is 0 Å². The molecule has 0 amide bonds. The van der Waals surface area contributed by atoms with Gasteiger partial charge in [0.1, 0.15) is 0 Å². The van der Waals surface area contributed by atoms with E-state index >= 15 is 0 Å². The molecule has 0 radical (unpaired) electrons. The number of nitrogens with two attached hydrogens (primary N) is 1. The van der Waals surface area contributed by atoms with E-state index in [2.05, 4.69) is 25.7 Å². The summed E-state index contributed by atoms with van der Waals surface area (Å²) < 4.78 is 0. The lowest BCUT2D eigenvalue weighted by Crippen LogP contribution is -2.36. The van der Waals surface area contributed by atoms with Gasteiger partial charge in [0.25, 0.3) is 0 Å². The van der Waals surface area contributed by atoms with Crippen LogP contribution in [0.25, 0.3) is 0 Å². The van der Waals surface area contributed by atoms with Crippen molar-refractivity contribution in [2.24, 2.45) is 11.1 Å². The van der Waals surface area contributed by atoms with Crippen LogP contribution in [-0.4, -0.2) is 41.2 Å². The van der Waals surface area contributed by atoms with Gasteiger partial charge in [-0.15, -0.1) is 0 Å². The summed E-state index contributed by atoms with van der Waals surface area (Å²) in [6.07, 6.45) is 3.31. The Bertz CT molecular complexity index is 207. The first kappa shape index (κ1) is 15.8. The fourth-order valence-corrected chi connectivity index (χ4v) is 1.52. The molecule has 0 spiro atoms. The topological polar surface area (TPSA) is 49.5 Å². The smallest absolute Gasteiger partial charge is 0.0784 e. The molecule has 0 aliphatic carbocycles. The highest BCUT2D eigenvalue weighted by Gasteiger charge is 2.21. The van der Waals surface area contributed by atoms with Crippen molar-refractivity contribution in [3.63, 3.8) is 0 Å². The average Bonchev–Trinajstić information content (AvgIpc) is 2.22. The Kier molecular flexibility index (Phi) is 7.89. The number of thiocarbonyl (C=S) groups is 1. The monoisotopic (exact) mass is 246 g/mol. The molecule has 0 rings (SSSR count). The van der Waals surface area contributed by atoms with Gasteiger partial charge in [0.05, 0.1) is 11.6 Å². The summed E-state index contributed by atoms with van der Waals surface area (Å²) in [4.78, 5) is 2.86. The van der Waals surface area contributed by atoms with Crippen molar-refractivity contribution in [3.05, 3.63) is 0 Å². The van der Waals surface area contributed by atoms with Crippen molar-refractivity contribution in [3.8, 4) is 0 Å². The Morgan fingerprint density at radius 2 is 1.94 bits per heavy atom. The van der Waals surface area contributed by atoms with E-state index < -0.39 is 0 Å². The fraction of sp³-hybridized carbons (Fsp3) is 0.917. The van der Waals surface area contributed by atoms with Gasteiger partial charge in [-0.05, 0) is 25.9 Å². The molecule has 0 saturated heterocycles. The Balaban J connectivity index is 4.04. The zero-order valence-electron chi connectivity index (χ0n) is 10.8. The van der Waals surface area contributed by atoms with Crippen LogP contribution >= 0.6 is 12.2 Å². The van der Waals surface area contributed by atoms with Gasteiger partial charge in [-0.3, -0.25) is 0 Å². The largest absolute Gasteiger partial charge is 0.395 e. The second-order valence-corrected chi connectivity index (χ2v) is 5.36. The molecule has 4 heteroatoms. The van der Waals surface area contributed by atoms with Crippen molar-refractivity contribution >= 4 is 17.2 Å². The standard InChI is InChI=1S/C12H26N2OS/c1-4-5-7-14(9-10-15)8-6-12(2,3)11(13)16/h15H,4-10H2,1-3H3,(H2,13,16). The molecule has 0 aliphatic heterocycles. The molecule has 0 aliphatic rings. The summed E-state index contributed by atoms with van der Waals surface area (Å²) in [5.74, 6) is 0. The molecule has 0 saturated carbocycles. The lowest BCUT2D eigenvalue weighted by atomic mass is 9.89. The Morgan fingerprint density at radius 3 is 2.38 bits per heavy atom. The van der Waals surface area contributed by atoms with Crippen LogP contribution in [0.1, 0.15) is 40.0 Å². The molecule has 0 aromatic rings. The van der Waals surface area contributed by atoms with Crippen LogP contribution in [0.4, 0.5) is 0 Å². The first-order chi connectivity index (χ1) is 7.44. The third-order valence-electron chi connectivity index (χ3n) is 2.96. The molecular formula is C12H26N2OS. The van der Waals surface area contributed by atoms with E-state index in [0.717, 1.165) is 26.1 Å². The van der Waals surface area contributed by atoms with E-state index in [1.165, 1.54) is 12.8 Å². The molecular weight excluding hydrogens is 220 g/mol.